The van der Waals surface area contributed by atoms with Gasteiger partial charge in [-0.3, -0.25) is 9.59 Å². The van der Waals surface area contributed by atoms with Gasteiger partial charge in [0.05, 0.1) is 22.6 Å². The van der Waals surface area contributed by atoms with Crippen molar-refractivity contribution in [3.63, 3.8) is 0 Å². The van der Waals surface area contributed by atoms with Crippen molar-refractivity contribution in [3.05, 3.63) is 98.5 Å². The van der Waals surface area contributed by atoms with Crippen LogP contribution < -0.4 is 10.6 Å². The van der Waals surface area contributed by atoms with E-state index in [2.05, 4.69) is 16.7 Å². The summed E-state index contributed by atoms with van der Waals surface area (Å²) in [6, 6.07) is 18.0. The number of aryl methyl sites for hydroxylation is 1. The molecule has 5 rings (SSSR count). The van der Waals surface area contributed by atoms with Crippen molar-refractivity contribution < 1.29 is 14.4 Å². The zero-order valence-electron chi connectivity index (χ0n) is 20.3. The standard InChI is InChI=1S/C28H25Cl3N4O3/c29-19-6-3-5-18(14-19)27(37)35-13-12-34(28(38)32-20-9-10-22(30)23(31)15-20)16-25(35)26(36)33-24-11-8-17-4-1-2-7-21(17)24/h1-7,9-10,14-15,24-25H,8,11-13,16H2,(H,32,38)(H,33,36)/t24?,25-/m1/s1. The average molecular weight is 572 g/mol. The Balaban J connectivity index is 1.36. The SMILES string of the molecule is O=C(NC1CCc2ccccc21)[C@H]1CN(C(=O)Nc2ccc(Cl)c(Cl)c2)CCN1C(=O)c1cccc(Cl)c1. The molecule has 3 aromatic rings. The van der Waals surface area contributed by atoms with Crippen molar-refractivity contribution in [3.8, 4) is 0 Å². The number of fused-ring (bicyclic) bond motifs is 1. The molecule has 1 fully saturated rings. The van der Waals surface area contributed by atoms with Crippen LogP contribution in [0.5, 0.6) is 0 Å². The van der Waals surface area contributed by atoms with Gasteiger partial charge in [0.25, 0.3) is 5.91 Å². The molecule has 1 heterocycles. The van der Waals surface area contributed by atoms with E-state index in [1.54, 1.807) is 42.5 Å². The first-order chi connectivity index (χ1) is 18.3. The summed E-state index contributed by atoms with van der Waals surface area (Å²) in [6.45, 7) is 0.453. The first-order valence-corrected chi connectivity index (χ1v) is 13.4. The number of nitrogens with one attached hydrogen (secondary N) is 2. The molecule has 4 amide bonds. The summed E-state index contributed by atoms with van der Waals surface area (Å²) in [5.41, 5.74) is 3.15. The van der Waals surface area contributed by atoms with E-state index in [-0.39, 0.29) is 37.5 Å². The zero-order valence-corrected chi connectivity index (χ0v) is 22.6. The van der Waals surface area contributed by atoms with E-state index < -0.39 is 12.1 Å². The Kier molecular flexibility index (Phi) is 7.79. The van der Waals surface area contributed by atoms with Crippen LogP contribution in [0, 0.1) is 0 Å². The molecular weight excluding hydrogens is 547 g/mol. The number of halogens is 3. The highest BCUT2D eigenvalue weighted by Crippen LogP contribution is 2.31. The highest BCUT2D eigenvalue weighted by Gasteiger charge is 2.39. The predicted octanol–water partition coefficient (Wildman–Crippen LogP) is 5.81. The molecule has 10 heteroatoms. The minimum absolute atomic E-state index is 0.0274. The number of amides is 4. The zero-order chi connectivity index (χ0) is 26.8. The van der Waals surface area contributed by atoms with Gasteiger partial charge in [0, 0.05) is 29.4 Å². The fourth-order valence-electron chi connectivity index (χ4n) is 4.97. The van der Waals surface area contributed by atoms with Gasteiger partial charge in [0.1, 0.15) is 6.04 Å². The third-order valence-electron chi connectivity index (χ3n) is 6.92. The van der Waals surface area contributed by atoms with Crippen LogP contribution in [0.4, 0.5) is 10.5 Å². The molecule has 2 atom stereocenters. The molecule has 0 aromatic heterocycles. The maximum absolute atomic E-state index is 13.7. The predicted molar refractivity (Wildman–Crippen MR) is 149 cm³/mol. The molecule has 1 aliphatic carbocycles. The van der Waals surface area contributed by atoms with Crippen molar-refractivity contribution in [1.29, 1.82) is 0 Å². The number of rotatable bonds is 4. The Labute approximate surface area is 235 Å². The summed E-state index contributed by atoms with van der Waals surface area (Å²) in [6.07, 6.45) is 1.65. The van der Waals surface area contributed by atoms with Gasteiger partial charge >= 0.3 is 6.03 Å². The summed E-state index contributed by atoms with van der Waals surface area (Å²) >= 11 is 18.2. The molecule has 0 radical (unpaired) electrons. The number of hydrogen-bond donors (Lipinski definition) is 2. The van der Waals surface area contributed by atoms with Crippen LogP contribution in [0.2, 0.25) is 15.1 Å². The van der Waals surface area contributed by atoms with Crippen LogP contribution in [0.3, 0.4) is 0 Å². The van der Waals surface area contributed by atoms with Crippen LogP contribution in [-0.4, -0.2) is 53.3 Å². The fourth-order valence-corrected chi connectivity index (χ4v) is 5.46. The number of carbonyl (C=O) groups excluding carboxylic acids is 3. The lowest BCUT2D eigenvalue weighted by Gasteiger charge is -2.41. The number of benzene rings is 3. The van der Waals surface area contributed by atoms with E-state index in [0.29, 0.717) is 26.3 Å². The molecule has 2 N–H and O–H groups in total. The second-order valence-electron chi connectivity index (χ2n) is 9.33. The van der Waals surface area contributed by atoms with Crippen LogP contribution in [0.1, 0.15) is 33.9 Å². The van der Waals surface area contributed by atoms with Crippen molar-refractivity contribution in [2.45, 2.75) is 24.9 Å². The van der Waals surface area contributed by atoms with Gasteiger partial charge in [0.15, 0.2) is 0 Å². The maximum atomic E-state index is 13.7. The summed E-state index contributed by atoms with van der Waals surface area (Å²) in [4.78, 5) is 43.3. The largest absolute Gasteiger partial charge is 0.347 e. The molecule has 1 unspecified atom stereocenters. The summed E-state index contributed by atoms with van der Waals surface area (Å²) in [5.74, 6) is -0.627. The van der Waals surface area contributed by atoms with E-state index in [9.17, 15) is 14.4 Å². The first-order valence-electron chi connectivity index (χ1n) is 12.3. The number of carbonyl (C=O) groups is 3. The van der Waals surface area contributed by atoms with Crippen LogP contribution in [0.25, 0.3) is 0 Å². The van der Waals surface area contributed by atoms with E-state index in [1.807, 2.05) is 18.2 Å². The topological polar surface area (TPSA) is 81.8 Å². The summed E-state index contributed by atoms with van der Waals surface area (Å²) in [5, 5.41) is 7.05. The van der Waals surface area contributed by atoms with Crippen LogP contribution in [-0.2, 0) is 11.2 Å². The number of nitrogens with zero attached hydrogens (tertiary/aromatic N) is 2. The number of urea groups is 1. The Morgan fingerprint density at radius 2 is 1.68 bits per heavy atom. The summed E-state index contributed by atoms with van der Waals surface area (Å²) in [7, 11) is 0. The number of anilines is 1. The summed E-state index contributed by atoms with van der Waals surface area (Å²) < 4.78 is 0. The first kappa shape index (κ1) is 26.4. The van der Waals surface area contributed by atoms with Gasteiger partial charge in [-0.1, -0.05) is 65.1 Å². The van der Waals surface area contributed by atoms with Gasteiger partial charge in [-0.25, -0.2) is 4.79 Å². The number of piperazine rings is 1. The molecular formula is C28H25Cl3N4O3. The van der Waals surface area contributed by atoms with E-state index in [1.165, 1.54) is 15.4 Å². The molecule has 196 valence electrons. The highest BCUT2D eigenvalue weighted by atomic mass is 35.5. The molecule has 3 aromatic carbocycles. The van der Waals surface area contributed by atoms with Crippen molar-refractivity contribution in [2.24, 2.45) is 0 Å². The van der Waals surface area contributed by atoms with Crippen molar-refractivity contribution in [1.82, 2.24) is 15.1 Å². The van der Waals surface area contributed by atoms with E-state index >= 15 is 0 Å². The third kappa shape index (κ3) is 5.60. The van der Waals surface area contributed by atoms with Crippen LogP contribution >= 0.6 is 34.8 Å². The van der Waals surface area contributed by atoms with E-state index in [4.69, 9.17) is 34.8 Å². The second-order valence-corrected chi connectivity index (χ2v) is 10.6. The van der Waals surface area contributed by atoms with Gasteiger partial charge in [-0.05, 0) is 60.4 Å². The van der Waals surface area contributed by atoms with Crippen molar-refractivity contribution in [2.75, 3.05) is 25.0 Å². The normalized spacial score (nSPS) is 18.6. The van der Waals surface area contributed by atoms with Crippen molar-refractivity contribution >= 4 is 58.3 Å². The minimum Gasteiger partial charge on any atom is -0.347 e. The molecule has 0 spiro atoms. The Hall–Kier alpha value is -3.26. The Morgan fingerprint density at radius 3 is 2.47 bits per heavy atom. The Morgan fingerprint density at radius 1 is 0.868 bits per heavy atom. The average Bonchev–Trinajstić information content (AvgIpc) is 3.32. The van der Waals surface area contributed by atoms with Gasteiger partial charge in [0.2, 0.25) is 5.91 Å². The molecule has 38 heavy (non-hydrogen) atoms. The molecule has 2 aliphatic rings. The fraction of sp³-hybridized carbons (Fsp3) is 0.250. The lowest BCUT2D eigenvalue weighted by atomic mass is 10.1. The van der Waals surface area contributed by atoms with E-state index in [0.717, 1.165) is 18.4 Å². The molecule has 0 saturated carbocycles. The lowest BCUT2D eigenvalue weighted by molar-refractivity contribution is -0.127. The molecule has 7 nitrogen and oxygen atoms in total. The second kappa shape index (κ2) is 11.2. The molecule has 0 bridgehead atoms. The lowest BCUT2D eigenvalue weighted by Crippen LogP contribution is -2.62. The smallest absolute Gasteiger partial charge is 0.321 e. The van der Waals surface area contributed by atoms with Gasteiger partial charge < -0.3 is 20.4 Å². The van der Waals surface area contributed by atoms with Crippen LogP contribution in [0.15, 0.2) is 66.7 Å². The van der Waals surface area contributed by atoms with Gasteiger partial charge in [-0.15, -0.1) is 0 Å². The highest BCUT2D eigenvalue weighted by molar-refractivity contribution is 6.42. The number of hydrogen-bond acceptors (Lipinski definition) is 3. The van der Waals surface area contributed by atoms with Gasteiger partial charge in [-0.2, -0.15) is 0 Å². The monoisotopic (exact) mass is 570 g/mol. The quantitative estimate of drug-likeness (QED) is 0.415. The third-order valence-corrected chi connectivity index (χ3v) is 7.90. The maximum Gasteiger partial charge on any atom is 0.321 e. The minimum atomic E-state index is -0.887. The Bertz CT molecular complexity index is 1400. The molecule has 1 saturated heterocycles. The molecule has 1 aliphatic heterocycles.